The summed E-state index contributed by atoms with van der Waals surface area (Å²) in [5.74, 6) is 0.325. The third-order valence-electron chi connectivity index (χ3n) is 5.47. The largest absolute Gasteiger partial charge is 0.508 e. The van der Waals surface area contributed by atoms with Gasteiger partial charge in [-0.25, -0.2) is 9.50 Å². The van der Waals surface area contributed by atoms with Crippen molar-refractivity contribution in [1.82, 2.24) is 19.5 Å². The van der Waals surface area contributed by atoms with E-state index in [0.29, 0.717) is 17.8 Å². The fraction of sp³-hybridized carbons (Fsp3) is 0.368. The van der Waals surface area contributed by atoms with Crippen molar-refractivity contribution in [3.8, 4) is 5.75 Å². The van der Waals surface area contributed by atoms with Gasteiger partial charge in [-0.15, -0.1) is 0 Å². The molecule has 2 aliphatic rings. The van der Waals surface area contributed by atoms with Gasteiger partial charge in [-0.05, 0) is 37.5 Å². The minimum atomic E-state index is 0.325. The Morgan fingerprint density at radius 1 is 1.21 bits per heavy atom. The number of phenolic OH excluding ortho intramolecular Hbond substituents is 1. The van der Waals surface area contributed by atoms with Gasteiger partial charge in [0.15, 0.2) is 5.65 Å². The molecule has 5 heteroatoms. The molecule has 0 aliphatic carbocycles. The van der Waals surface area contributed by atoms with Crippen molar-refractivity contribution in [3.63, 3.8) is 0 Å². The quantitative estimate of drug-likeness (QED) is 0.788. The van der Waals surface area contributed by atoms with Crippen LogP contribution in [0, 0.1) is 6.92 Å². The van der Waals surface area contributed by atoms with E-state index in [-0.39, 0.29) is 0 Å². The van der Waals surface area contributed by atoms with Crippen molar-refractivity contribution in [2.24, 2.45) is 0 Å². The molecule has 5 nitrogen and oxygen atoms in total. The third-order valence-corrected chi connectivity index (χ3v) is 5.47. The standard InChI is InChI=1S/C19H20N4O/c1-12-8-19-20-10-16-17-7-4-14(9-18(16)23(19)21-12)22(17)11-13-2-5-15(24)6-3-13/h2-3,5-6,8,10,14,17,24H,4,7,9,11H2,1H3/t14-,17+/m0/s1. The highest BCUT2D eigenvalue weighted by Crippen LogP contribution is 2.44. The molecule has 2 aliphatic heterocycles. The highest BCUT2D eigenvalue weighted by Gasteiger charge is 2.41. The molecule has 24 heavy (non-hydrogen) atoms. The first kappa shape index (κ1) is 14.0. The van der Waals surface area contributed by atoms with E-state index in [1.54, 1.807) is 12.1 Å². The average Bonchev–Trinajstić information content (AvgIpc) is 3.08. The van der Waals surface area contributed by atoms with Gasteiger partial charge in [0.1, 0.15) is 5.75 Å². The smallest absolute Gasteiger partial charge is 0.155 e. The van der Waals surface area contributed by atoms with Gasteiger partial charge in [-0.2, -0.15) is 5.10 Å². The Bertz CT molecular complexity index is 915. The average molecular weight is 320 g/mol. The van der Waals surface area contributed by atoms with Crippen LogP contribution in [0.2, 0.25) is 0 Å². The first-order valence-electron chi connectivity index (χ1n) is 8.57. The number of aromatic hydroxyl groups is 1. The van der Waals surface area contributed by atoms with Crippen LogP contribution in [0.25, 0.3) is 5.65 Å². The molecule has 1 saturated heterocycles. The Morgan fingerprint density at radius 2 is 2.04 bits per heavy atom. The number of phenols is 1. The molecule has 1 N–H and O–H groups in total. The van der Waals surface area contributed by atoms with Crippen LogP contribution in [-0.2, 0) is 13.0 Å². The Kier molecular flexibility index (Phi) is 2.94. The van der Waals surface area contributed by atoms with E-state index >= 15 is 0 Å². The van der Waals surface area contributed by atoms with Crippen molar-refractivity contribution in [2.75, 3.05) is 0 Å². The van der Waals surface area contributed by atoms with Gasteiger partial charge in [0.05, 0.1) is 11.4 Å². The second kappa shape index (κ2) is 5.05. The molecule has 3 aromatic rings. The number of aromatic nitrogens is 3. The summed E-state index contributed by atoms with van der Waals surface area (Å²) in [6, 6.07) is 10.6. The normalized spacial score (nSPS) is 22.9. The first-order chi connectivity index (χ1) is 11.7. The summed E-state index contributed by atoms with van der Waals surface area (Å²) in [6.45, 7) is 2.95. The van der Waals surface area contributed by atoms with Gasteiger partial charge >= 0.3 is 0 Å². The summed E-state index contributed by atoms with van der Waals surface area (Å²) in [7, 11) is 0. The highest BCUT2D eigenvalue weighted by molar-refractivity contribution is 5.44. The highest BCUT2D eigenvalue weighted by atomic mass is 16.3. The molecule has 1 fully saturated rings. The molecule has 0 unspecified atom stereocenters. The van der Waals surface area contributed by atoms with Crippen LogP contribution in [-0.4, -0.2) is 30.6 Å². The number of aryl methyl sites for hydroxylation is 1. The fourth-order valence-corrected chi connectivity index (χ4v) is 4.36. The second-order valence-corrected chi connectivity index (χ2v) is 7.01. The predicted molar refractivity (Wildman–Crippen MR) is 90.8 cm³/mol. The summed E-state index contributed by atoms with van der Waals surface area (Å²) in [4.78, 5) is 7.22. The van der Waals surface area contributed by atoms with E-state index in [1.165, 1.54) is 29.7 Å². The summed E-state index contributed by atoms with van der Waals surface area (Å²) >= 11 is 0. The van der Waals surface area contributed by atoms with Crippen molar-refractivity contribution >= 4 is 5.65 Å². The van der Waals surface area contributed by atoms with Gasteiger partial charge in [0, 0.05) is 42.9 Å². The summed E-state index contributed by atoms with van der Waals surface area (Å²) in [6.07, 6.45) is 5.49. The van der Waals surface area contributed by atoms with Crippen LogP contribution < -0.4 is 0 Å². The molecular formula is C19H20N4O. The summed E-state index contributed by atoms with van der Waals surface area (Å²) in [5, 5.41) is 14.1. The number of fused-ring (bicyclic) bond motifs is 6. The topological polar surface area (TPSA) is 53.7 Å². The first-order valence-corrected chi connectivity index (χ1v) is 8.57. The number of benzene rings is 1. The van der Waals surface area contributed by atoms with Crippen LogP contribution in [0.5, 0.6) is 5.75 Å². The monoisotopic (exact) mass is 320 g/mol. The molecule has 4 heterocycles. The Labute approximate surface area is 140 Å². The molecule has 0 radical (unpaired) electrons. The van der Waals surface area contributed by atoms with Gasteiger partial charge in [0.2, 0.25) is 0 Å². The lowest BCUT2D eigenvalue weighted by Crippen LogP contribution is -2.38. The van der Waals surface area contributed by atoms with Crippen LogP contribution in [0.15, 0.2) is 36.5 Å². The molecule has 122 valence electrons. The van der Waals surface area contributed by atoms with Crippen LogP contribution >= 0.6 is 0 Å². The SMILES string of the molecule is Cc1cc2ncc3c(n2n1)C[C@@H]1CC[C@H]3N1Cc1ccc(O)cc1. The van der Waals surface area contributed by atoms with Crippen LogP contribution in [0.3, 0.4) is 0 Å². The van der Waals surface area contributed by atoms with Crippen molar-refractivity contribution < 1.29 is 5.11 Å². The number of nitrogens with zero attached hydrogens (tertiary/aromatic N) is 4. The lowest BCUT2D eigenvalue weighted by Gasteiger charge is -2.36. The molecule has 0 amide bonds. The van der Waals surface area contributed by atoms with E-state index in [4.69, 9.17) is 0 Å². The number of hydrogen-bond acceptors (Lipinski definition) is 4. The maximum Gasteiger partial charge on any atom is 0.155 e. The maximum absolute atomic E-state index is 9.48. The minimum Gasteiger partial charge on any atom is -0.508 e. The second-order valence-electron chi connectivity index (χ2n) is 7.01. The molecule has 5 rings (SSSR count). The van der Waals surface area contributed by atoms with Gasteiger partial charge in [0.25, 0.3) is 0 Å². The molecule has 0 saturated carbocycles. The van der Waals surface area contributed by atoms with E-state index in [1.807, 2.05) is 29.6 Å². The Hall–Kier alpha value is -2.40. The van der Waals surface area contributed by atoms with Crippen molar-refractivity contribution in [3.05, 3.63) is 59.0 Å². The van der Waals surface area contributed by atoms with Crippen LogP contribution in [0.4, 0.5) is 0 Å². The predicted octanol–water partition coefficient (Wildman–Crippen LogP) is 3.01. The fourth-order valence-electron chi connectivity index (χ4n) is 4.36. The summed E-state index contributed by atoms with van der Waals surface area (Å²) < 4.78 is 2.05. The molecule has 2 bridgehead atoms. The van der Waals surface area contributed by atoms with Crippen molar-refractivity contribution in [2.45, 2.75) is 44.8 Å². The van der Waals surface area contributed by atoms with E-state index in [0.717, 1.165) is 24.3 Å². The zero-order valence-corrected chi connectivity index (χ0v) is 13.7. The lowest BCUT2D eigenvalue weighted by atomic mass is 9.98. The van der Waals surface area contributed by atoms with Gasteiger partial charge in [-0.3, -0.25) is 4.90 Å². The van der Waals surface area contributed by atoms with E-state index in [2.05, 4.69) is 21.2 Å². The molecule has 0 spiro atoms. The molecule has 1 aromatic carbocycles. The lowest BCUT2D eigenvalue weighted by molar-refractivity contribution is 0.165. The third kappa shape index (κ3) is 2.04. The zero-order valence-electron chi connectivity index (χ0n) is 13.7. The summed E-state index contributed by atoms with van der Waals surface area (Å²) in [5.41, 5.74) is 5.89. The molecule has 2 aromatic heterocycles. The number of rotatable bonds is 2. The minimum absolute atomic E-state index is 0.325. The van der Waals surface area contributed by atoms with Crippen LogP contribution in [0.1, 0.15) is 41.4 Å². The molecule has 2 atom stereocenters. The van der Waals surface area contributed by atoms with Gasteiger partial charge in [-0.1, -0.05) is 12.1 Å². The number of hydrogen-bond donors (Lipinski definition) is 1. The van der Waals surface area contributed by atoms with E-state index in [9.17, 15) is 5.11 Å². The van der Waals surface area contributed by atoms with Gasteiger partial charge < -0.3 is 5.11 Å². The maximum atomic E-state index is 9.48. The van der Waals surface area contributed by atoms with Crippen molar-refractivity contribution in [1.29, 1.82) is 0 Å². The Balaban J connectivity index is 1.53. The molecular weight excluding hydrogens is 300 g/mol. The zero-order chi connectivity index (χ0) is 16.3. The van der Waals surface area contributed by atoms with E-state index < -0.39 is 0 Å². The Morgan fingerprint density at radius 3 is 2.88 bits per heavy atom.